The van der Waals surface area contributed by atoms with Crippen molar-refractivity contribution >= 4 is 104 Å². The summed E-state index contributed by atoms with van der Waals surface area (Å²) < 4.78 is 146. The van der Waals surface area contributed by atoms with Crippen LogP contribution in [0.3, 0.4) is 0 Å². The molecule has 0 aromatic heterocycles. The number of carbonyl (C=O) groups excluding carboxylic acids is 10. The molecule has 6 N–H and O–H groups in total. The summed E-state index contributed by atoms with van der Waals surface area (Å²) in [6.45, 7) is 70.2. The molecule has 0 spiro atoms. The third-order valence-electron chi connectivity index (χ3n) is 26.3. The molecule has 0 saturated carbocycles. The topological polar surface area (TPSA) is 467 Å². The van der Waals surface area contributed by atoms with E-state index in [4.69, 9.17) is 87.4 Å². The Labute approximate surface area is 925 Å². The maximum absolute atomic E-state index is 12.3. The molecule has 5 fully saturated rings. The van der Waals surface area contributed by atoms with Gasteiger partial charge in [-0.1, -0.05) is 152 Å². The fourth-order valence-corrected chi connectivity index (χ4v) is 37.7. The van der Waals surface area contributed by atoms with Crippen molar-refractivity contribution in [2.45, 2.75) is 360 Å². The molecule has 2 unspecified atom stereocenters. The monoisotopic (exact) mass is 2220 g/mol. The van der Waals surface area contributed by atoms with E-state index in [1.807, 2.05) is 27.7 Å². The SMILES string of the molecule is CC(C)[Si](OC[C@]1(CO)COC[C@H](N2C=CC(=O)CC2=O)O1)(C(C)C)C(C)C.CCN(CC)CC.CC[C@@]1(CO[Si](C(C)C)(C(C)C)C(C)C)COC[C@H](N2C=CC(=O)CC2=O)O1.F.[2H]C([3H])Cl.[2H]C[C@@]1(CO)COC[C@H](N2C=CC(=O)CC2=O)O1.[2H]C[C@@]1(COP(OCC[N+]#[C-])N(C(C)C)C(C)C)COC[C@H](N2C=CC(=O)CC2=O)O1.[2H]C[C@@]1(CO[Si](C(C)C)(C(C)C)C(C)C)COC[C@H](N2C=CC(=O)CC2=O)O1.[3H]OC.[3H]OC.[3H]OC.[Na+].[OH-]. The van der Waals surface area contributed by atoms with E-state index in [1.165, 1.54) is 127 Å². The first-order valence-electron chi connectivity index (χ1n) is 54.6. The van der Waals surface area contributed by atoms with Crippen LogP contribution >= 0.6 is 20.1 Å². The summed E-state index contributed by atoms with van der Waals surface area (Å²) >= 11 is 4.61. The van der Waals surface area contributed by atoms with Crippen LogP contribution in [0.4, 0.5) is 4.70 Å². The predicted molar refractivity (Wildman–Crippen MR) is 569 cm³/mol. The number of hydrogen-bond acceptors (Lipinski definition) is 33. The Kier molecular flexibility index (Phi) is 64.4. The predicted octanol–water partition coefficient (Wildman–Crippen LogP) is 10.4. The van der Waals surface area contributed by atoms with Gasteiger partial charge in [0.2, 0.25) is 40.4 Å². The summed E-state index contributed by atoms with van der Waals surface area (Å²) in [5, 5.41) is 29.9. The summed E-state index contributed by atoms with van der Waals surface area (Å²) in [6, 6.07) is 0.298. The zero-order chi connectivity index (χ0) is 117. The molecule has 10 aliphatic rings. The number of ether oxygens (including phenoxy) is 10. The van der Waals surface area contributed by atoms with Crippen molar-refractivity contribution < 1.29 is 190 Å². The third-order valence-corrected chi connectivity index (χ3v) is 46.5. The molecule has 5 saturated heterocycles. The Morgan fingerprint density at radius 2 is 0.689 bits per heavy atom. The molecule has 0 radical (unpaired) electrons. The van der Waals surface area contributed by atoms with E-state index in [-0.39, 0.29) is 262 Å². The van der Waals surface area contributed by atoms with Crippen molar-refractivity contribution in [3.63, 3.8) is 0 Å². The van der Waals surface area contributed by atoms with Crippen LogP contribution < -0.4 is 29.6 Å². The second-order valence-corrected chi connectivity index (χ2v) is 57.9. The van der Waals surface area contributed by atoms with Gasteiger partial charge in [-0.15, -0.1) is 11.6 Å². The molecular formula is C102H186ClFN8NaO31PSi3. The number of carbonyl (C=O) groups is 10. The fraction of sp³-hybridized carbons (Fsp3) is 0.794. The minimum absolute atomic E-state index is 0. The van der Waals surface area contributed by atoms with E-state index in [0.29, 0.717) is 69.7 Å². The second kappa shape index (κ2) is 72.2. The second-order valence-electron chi connectivity index (χ2n) is 40.1. The number of aliphatic hydroxyl groups excluding tert-OH is 5. The molecule has 12 atom stereocenters. The molecule has 852 valence electrons. The summed E-state index contributed by atoms with van der Waals surface area (Å²) in [5.74, 6) is -2.73. The normalized spacial score (nSPS) is 25.9. The minimum Gasteiger partial charge on any atom is -0.870 e. The van der Waals surface area contributed by atoms with Gasteiger partial charge in [0, 0.05) is 77.6 Å². The average molecular weight is 2230 g/mol. The van der Waals surface area contributed by atoms with Gasteiger partial charge in [0.15, 0.2) is 85.0 Å². The van der Waals surface area contributed by atoms with Gasteiger partial charge in [0.05, 0.1) is 138 Å². The number of rotatable bonds is 38. The standard InChI is InChI=1S/C21H37NO5Si.C20H32N3O6P.C20H35NO6Si.C20H35NO5Si.C11H15NO5.C6H15N.CH3Cl.3CH4O.FH.Na.H2O/c1-8-21(14-26-28(15(2)3,16(4)5)17(6)7)13-25-12-20(27-21)22-10-9-18(23)11-19(22)24;1-15(2)23(16(3)4)30(27-10-8-21-6)28-14-20(5)13-26-12-19(29-20)22-9-7-17(24)11-18(22)25;1-14(2)28(15(3)4,16(5)6)26-13-20(11-22)12-25-10-19(27-20)21-8-7-17(23)9-18(21)24;1-14(2)27(15(3)4,16(5)6)25-13-20(7)12-24-11-19(26-20)21-9-8-17(22)10-18(21)23;1-11(6-13)7-16-5-10(17-11)12-3-2-8(14)4-9(12)15;1-4-7(5-2)6-3;4*1-2;;;/h9-10,15-17,20H,8,11-14H2,1-7H3;7,9,15-16,19H,8,10-14H2,1-5H3;7-8,14-16,19,22H,9-13H2,1-6H3;8-9,14-16,19H,10-13H2,1-7H3;2-3,10,13H,4-7H2,1H3;4-6H2,1-3H3;1H3;3*2H,1H3;1H;;1H2/q;;;;;;;;;;;+1;/p-1/t20-,21+;19-,20+,30?;2*19-,20+;10-,11-;;;;;;;;/m11111......../s1/i;5D;;7D;1D;;1TD;3*2T;;;. The van der Waals surface area contributed by atoms with Crippen LogP contribution in [0.15, 0.2) is 61.4 Å². The minimum atomic E-state index is -2.14. The molecule has 0 aromatic rings. The summed E-state index contributed by atoms with van der Waals surface area (Å²) in [5.41, 5.74) is -0.781. The zero-order valence-electron chi connectivity index (χ0n) is 102. The summed E-state index contributed by atoms with van der Waals surface area (Å²) in [7, 11) is -3.91. The van der Waals surface area contributed by atoms with Gasteiger partial charge in [-0.2, -0.15) is 0 Å². The Hall–Kier alpha value is -4.73. The van der Waals surface area contributed by atoms with Crippen molar-refractivity contribution in [3.8, 4) is 0 Å². The first-order chi connectivity index (χ1) is 71.9. The van der Waals surface area contributed by atoms with Crippen LogP contribution in [0.1, 0.15) is 246 Å². The quantitative estimate of drug-likeness (QED) is 0.00957. The molecule has 148 heavy (non-hydrogen) atoms. The van der Waals surface area contributed by atoms with Crippen LogP contribution in [-0.2, 0) is 118 Å². The molecule has 46 heteroatoms. The zero-order valence-corrected chi connectivity index (χ0v) is 101. The average Bonchev–Trinajstić information content (AvgIpc) is 0.783. The van der Waals surface area contributed by atoms with Crippen molar-refractivity contribution in [2.75, 3.05) is 166 Å². The van der Waals surface area contributed by atoms with Crippen LogP contribution in [0.5, 0.6) is 0 Å². The molecule has 0 aromatic carbocycles. The summed E-state index contributed by atoms with van der Waals surface area (Å²) in [4.78, 5) is 130. The molecule has 10 rings (SSSR count). The molecule has 0 aliphatic carbocycles. The van der Waals surface area contributed by atoms with Gasteiger partial charge < -0.3 is 110 Å². The first kappa shape index (κ1) is 132. The molecule has 10 aliphatic heterocycles. The molecule has 5 amide bonds. The smallest absolute Gasteiger partial charge is 0.870 e. The molecule has 0 bridgehead atoms. The molecule has 10 heterocycles. The van der Waals surface area contributed by atoms with Crippen LogP contribution in [0.25, 0.3) is 4.85 Å². The number of halogens is 2. The van der Waals surface area contributed by atoms with Crippen LogP contribution in [0, 0.1) is 6.57 Å². The van der Waals surface area contributed by atoms with Crippen molar-refractivity contribution in [1.82, 2.24) is 34.1 Å². The van der Waals surface area contributed by atoms with Crippen LogP contribution in [-0.4, -0.2) is 390 Å². The van der Waals surface area contributed by atoms with E-state index in [0.717, 1.165) is 6.42 Å². The molecule has 39 nitrogen and oxygen atoms in total. The number of nitrogens with zero attached hydrogens (tertiary/aromatic N) is 8. The maximum Gasteiger partial charge on any atom is 1.00 e. The van der Waals surface area contributed by atoms with Crippen molar-refractivity contribution in [3.05, 3.63) is 72.8 Å². The van der Waals surface area contributed by atoms with Gasteiger partial charge in [-0.25, -0.2) is 11.2 Å². The Morgan fingerprint density at radius 3 is 0.932 bits per heavy atom. The Bertz CT molecular complexity index is 4020. The van der Waals surface area contributed by atoms with Gasteiger partial charge in [-0.05, 0) is 155 Å². The van der Waals surface area contributed by atoms with Gasteiger partial charge in [0.1, 0.15) is 34.6 Å². The Balaban J connectivity index is -0.00000179. The largest absolute Gasteiger partial charge is 1.00 e. The number of allylic oxidation sites excluding steroid dienone is 5. The third kappa shape index (κ3) is 43.3. The van der Waals surface area contributed by atoms with Gasteiger partial charge in [-0.3, -0.25) is 77.1 Å². The van der Waals surface area contributed by atoms with Crippen molar-refractivity contribution in [1.29, 1.82) is 4.29 Å². The van der Waals surface area contributed by atoms with E-state index in [9.17, 15) is 58.2 Å². The number of aliphatic hydroxyl groups is 5. The molecular weight excluding hydrogens is 2030 g/mol. The number of ketones is 5. The van der Waals surface area contributed by atoms with E-state index in [1.54, 1.807) is 0 Å². The van der Waals surface area contributed by atoms with E-state index in [2.05, 4.69) is 194 Å². The Morgan fingerprint density at radius 1 is 0.439 bits per heavy atom. The van der Waals surface area contributed by atoms with Gasteiger partial charge >= 0.3 is 29.6 Å². The van der Waals surface area contributed by atoms with E-state index >= 15 is 0 Å². The van der Waals surface area contributed by atoms with Crippen molar-refractivity contribution in [2.24, 2.45) is 0 Å². The van der Waals surface area contributed by atoms with Gasteiger partial charge in [0.25, 0.3) is 8.53 Å². The summed E-state index contributed by atoms with van der Waals surface area (Å²) in [6.07, 6.45) is 9.38. The fourth-order valence-electron chi connectivity index (χ4n) is 19.4. The maximum atomic E-state index is 12.3. The van der Waals surface area contributed by atoms with E-state index < -0.39 is 99.0 Å². The first-order valence-corrected chi connectivity index (χ1v) is 58.1. The number of amides is 5. The van der Waals surface area contributed by atoms with Crippen LogP contribution in [0.2, 0.25) is 49.9 Å². The number of hydrogen-bond donors (Lipinski definition) is 5. The number of alkyl halides is 1.